The van der Waals surface area contributed by atoms with E-state index in [9.17, 15) is 9.90 Å². The van der Waals surface area contributed by atoms with Crippen molar-refractivity contribution in [2.45, 2.75) is 44.6 Å². The Morgan fingerprint density at radius 3 is 2.31 bits per heavy atom. The molecule has 0 amide bonds. The van der Waals surface area contributed by atoms with E-state index < -0.39 is 12.0 Å². The predicted molar refractivity (Wildman–Crippen MR) is 60.3 cm³/mol. The van der Waals surface area contributed by atoms with E-state index in [1.807, 2.05) is 11.8 Å². The van der Waals surface area contributed by atoms with Gasteiger partial charge in [-0.1, -0.05) is 30.9 Å². The number of carbonyl (C=O) groups excluding carboxylic acids is 1. The van der Waals surface area contributed by atoms with E-state index in [0.29, 0.717) is 6.42 Å². The molecular formula is C10H20NO4S-. The summed E-state index contributed by atoms with van der Waals surface area (Å²) >= 11 is 1.82. The van der Waals surface area contributed by atoms with Gasteiger partial charge in [0.25, 0.3) is 0 Å². The van der Waals surface area contributed by atoms with Crippen molar-refractivity contribution in [2.75, 3.05) is 12.0 Å². The first-order valence-electron chi connectivity index (χ1n) is 5.46. The summed E-state index contributed by atoms with van der Waals surface area (Å²) in [5, 5.41) is 27.4. The standard InChI is InChI=1S/C10H21NO4S/c1-16-8-6-4-2-3-5-7-9(10(12)13)11(14)15/h9,14-15H,2-8H2,1H3,(H,12,13)/p-1/t9-/m0/s1. The van der Waals surface area contributed by atoms with Gasteiger partial charge in [-0.05, 0) is 24.9 Å². The van der Waals surface area contributed by atoms with E-state index in [2.05, 4.69) is 6.26 Å². The Hall–Kier alpha value is -0.300. The average Bonchev–Trinajstić information content (AvgIpc) is 2.21. The monoisotopic (exact) mass is 250 g/mol. The average molecular weight is 250 g/mol. The minimum Gasteiger partial charge on any atom is -0.548 e. The molecule has 0 aromatic rings. The molecule has 0 radical (unpaired) electrons. The highest BCUT2D eigenvalue weighted by atomic mass is 32.2. The molecule has 0 unspecified atom stereocenters. The van der Waals surface area contributed by atoms with E-state index in [4.69, 9.17) is 10.4 Å². The Morgan fingerprint density at radius 1 is 1.25 bits per heavy atom. The zero-order valence-electron chi connectivity index (χ0n) is 9.59. The van der Waals surface area contributed by atoms with Gasteiger partial charge in [-0.3, -0.25) is 10.4 Å². The van der Waals surface area contributed by atoms with Crippen molar-refractivity contribution in [1.82, 2.24) is 5.23 Å². The number of rotatable bonds is 10. The first-order valence-corrected chi connectivity index (χ1v) is 6.85. The summed E-state index contributed by atoms with van der Waals surface area (Å²) < 4.78 is 0. The second kappa shape index (κ2) is 9.89. The zero-order chi connectivity index (χ0) is 12.4. The van der Waals surface area contributed by atoms with Crippen LogP contribution in [0.5, 0.6) is 0 Å². The van der Waals surface area contributed by atoms with Crippen LogP contribution in [0.25, 0.3) is 0 Å². The van der Waals surface area contributed by atoms with Gasteiger partial charge in [0.1, 0.15) is 6.04 Å². The first kappa shape index (κ1) is 15.7. The Labute approximate surface area is 100 Å². The minimum absolute atomic E-state index is 0.206. The van der Waals surface area contributed by atoms with Crippen molar-refractivity contribution >= 4 is 17.7 Å². The van der Waals surface area contributed by atoms with Gasteiger partial charge in [-0.15, -0.1) is 0 Å². The van der Waals surface area contributed by atoms with Crippen LogP contribution in [-0.2, 0) is 4.79 Å². The second-order valence-electron chi connectivity index (χ2n) is 3.70. The molecule has 0 aromatic carbocycles. The molecule has 2 N–H and O–H groups in total. The van der Waals surface area contributed by atoms with Gasteiger partial charge in [-0.2, -0.15) is 11.8 Å². The van der Waals surface area contributed by atoms with Crippen LogP contribution in [0.3, 0.4) is 0 Å². The van der Waals surface area contributed by atoms with Crippen molar-refractivity contribution in [3.63, 3.8) is 0 Å². The number of aliphatic carboxylic acids is 1. The quantitative estimate of drug-likeness (QED) is 0.442. The molecule has 0 saturated heterocycles. The van der Waals surface area contributed by atoms with Gasteiger partial charge in [0.05, 0.1) is 5.97 Å². The lowest BCUT2D eigenvalue weighted by Crippen LogP contribution is -2.45. The molecule has 6 heteroatoms. The fourth-order valence-electron chi connectivity index (χ4n) is 1.44. The lowest BCUT2D eigenvalue weighted by atomic mass is 10.1. The van der Waals surface area contributed by atoms with Gasteiger partial charge in [0, 0.05) is 0 Å². The van der Waals surface area contributed by atoms with Gasteiger partial charge in [0.15, 0.2) is 0 Å². The van der Waals surface area contributed by atoms with Crippen LogP contribution >= 0.6 is 11.8 Å². The highest BCUT2D eigenvalue weighted by Crippen LogP contribution is 2.10. The lowest BCUT2D eigenvalue weighted by Gasteiger charge is -2.20. The summed E-state index contributed by atoms with van der Waals surface area (Å²) in [7, 11) is 0. The van der Waals surface area contributed by atoms with Gasteiger partial charge < -0.3 is 9.90 Å². The maximum atomic E-state index is 10.5. The Morgan fingerprint density at radius 2 is 1.81 bits per heavy atom. The number of thioether (sulfide) groups is 1. The van der Waals surface area contributed by atoms with Crippen molar-refractivity contribution < 1.29 is 20.3 Å². The molecular weight excluding hydrogens is 230 g/mol. The van der Waals surface area contributed by atoms with Gasteiger partial charge in [-0.25, -0.2) is 0 Å². The molecule has 16 heavy (non-hydrogen) atoms. The van der Waals surface area contributed by atoms with Crippen LogP contribution in [0.15, 0.2) is 0 Å². The molecule has 0 rings (SSSR count). The first-order chi connectivity index (χ1) is 7.59. The molecule has 96 valence electrons. The van der Waals surface area contributed by atoms with E-state index in [1.165, 1.54) is 6.42 Å². The fraction of sp³-hybridized carbons (Fsp3) is 0.900. The van der Waals surface area contributed by atoms with Crippen molar-refractivity contribution in [3.05, 3.63) is 0 Å². The third kappa shape index (κ3) is 7.92. The third-order valence-electron chi connectivity index (χ3n) is 2.38. The fourth-order valence-corrected chi connectivity index (χ4v) is 1.93. The summed E-state index contributed by atoms with van der Waals surface area (Å²) in [6.45, 7) is 0. The molecule has 0 aliphatic carbocycles. The van der Waals surface area contributed by atoms with E-state index in [-0.39, 0.29) is 11.6 Å². The normalized spacial score (nSPS) is 13.0. The topological polar surface area (TPSA) is 83.8 Å². The Balaban J connectivity index is 3.45. The van der Waals surface area contributed by atoms with E-state index in [1.54, 1.807) is 0 Å². The molecule has 0 aliphatic heterocycles. The van der Waals surface area contributed by atoms with Crippen LogP contribution in [0.1, 0.15) is 38.5 Å². The molecule has 0 spiro atoms. The molecule has 0 heterocycles. The Bertz CT molecular complexity index is 190. The number of carboxylic acids is 1. The van der Waals surface area contributed by atoms with Crippen molar-refractivity contribution in [1.29, 1.82) is 0 Å². The molecule has 0 bridgehead atoms. The second-order valence-corrected chi connectivity index (χ2v) is 4.69. The number of nitrogens with zero attached hydrogens (tertiary/aromatic N) is 1. The maximum absolute atomic E-state index is 10.5. The summed E-state index contributed by atoms with van der Waals surface area (Å²) in [6.07, 6.45) is 7.22. The lowest BCUT2D eigenvalue weighted by molar-refractivity contribution is -0.364. The predicted octanol–water partition coefficient (Wildman–Crippen LogP) is 0.889. The zero-order valence-corrected chi connectivity index (χ0v) is 10.4. The largest absolute Gasteiger partial charge is 0.548 e. The maximum Gasteiger partial charge on any atom is 0.102 e. The SMILES string of the molecule is CSCCCCCCC[C@@H](C(=O)[O-])N(O)O. The smallest absolute Gasteiger partial charge is 0.102 e. The molecule has 1 atom stereocenters. The molecule has 0 fully saturated rings. The molecule has 0 aliphatic rings. The summed E-state index contributed by atoms with van der Waals surface area (Å²) in [6, 6.07) is -1.31. The third-order valence-corrected chi connectivity index (χ3v) is 3.07. The summed E-state index contributed by atoms with van der Waals surface area (Å²) in [4.78, 5) is 10.5. The number of hydrogen-bond acceptors (Lipinski definition) is 6. The van der Waals surface area contributed by atoms with E-state index in [0.717, 1.165) is 25.0 Å². The number of hydrogen-bond donors (Lipinski definition) is 2. The van der Waals surface area contributed by atoms with Crippen LogP contribution in [-0.4, -0.2) is 39.7 Å². The van der Waals surface area contributed by atoms with Crippen LogP contribution in [0.4, 0.5) is 0 Å². The number of carboxylic acid groups (broad SMARTS) is 1. The van der Waals surface area contributed by atoms with Crippen molar-refractivity contribution in [3.8, 4) is 0 Å². The van der Waals surface area contributed by atoms with Gasteiger partial charge in [0.2, 0.25) is 0 Å². The highest BCUT2D eigenvalue weighted by Gasteiger charge is 2.15. The highest BCUT2D eigenvalue weighted by molar-refractivity contribution is 7.98. The summed E-state index contributed by atoms with van der Waals surface area (Å²) in [5.74, 6) is -0.296. The molecule has 0 saturated carbocycles. The van der Waals surface area contributed by atoms with Gasteiger partial charge >= 0.3 is 0 Å². The Kier molecular flexibility index (Phi) is 9.71. The molecule has 5 nitrogen and oxygen atoms in total. The van der Waals surface area contributed by atoms with Crippen LogP contribution in [0.2, 0.25) is 0 Å². The van der Waals surface area contributed by atoms with Crippen LogP contribution < -0.4 is 5.11 Å². The number of unbranched alkanes of at least 4 members (excludes halogenated alkanes) is 4. The molecule has 0 aromatic heterocycles. The minimum atomic E-state index is -1.45. The van der Waals surface area contributed by atoms with Crippen LogP contribution in [0, 0.1) is 0 Å². The van der Waals surface area contributed by atoms with E-state index >= 15 is 0 Å². The summed E-state index contributed by atoms with van der Waals surface area (Å²) in [5.41, 5.74) is 0. The number of carbonyl (C=O) groups is 1. The van der Waals surface area contributed by atoms with Crippen molar-refractivity contribution in [2.24, 2.45) is 0 Å². The number of hydroxylamine groups is 2.